The van der Waals surface area contributed by atoms with Gasteiger partial charge in [-0.2, -0.15) is 0 Å². The van der Waals surface area contributed by atoms with Crippen molar-refractivity contribution in [2.45, 2.75) is 19.5 Å². The molecule has 0 spiro atoms. The van der Waals surface area contributed by atoms with E-state index in [1.54, 1.807) is 9.36 Å². The van der Waals surface area contributed by atoms with E-state index in [1.807, 2.05) is 0 Å². The Labute approximate surface area is 57.3 Å². The van der Waals surface area contributed by atoms with Crippen molar-refractivity contribution < 1.29 is 5.11 Å². The van der Waals surface area contributed by atoms with E-state index in [0.717, 1.165) is 19.5 Å². The fourth-order valence-electron chi connectivity index (χ4n) is 1.31. The molecule has 0 amide bonds. The van der Waals surface area contributed by atoms with Gasteiger partial charge >= 0.3 is 5.56 Å². The first-order chi connectivity index (χ1) is 4.79. The minimum absolute atomic E-state index is 0.139. The molecule has 10 heavy (non-hydrogen) atoms. The minimum Gasteiger partial charge on any atom is -0.502 e. The summed E-state index contributed by atoms with van der Waals surface area (Å²) >= 11 is 0. The Hall–Kier alpha value is -1.19. The van der Waals surface area contributed by atoms with Crippen molar-refractivity contribution in [2.75, 3.05) is 0 Å². The highest BCUT2D eigenvalue weighted by atomic mass is 16.3. The van der Waals surface area contributed by atoms with E-state index in [4.69, 9.17) is 5.11 Å². The van der Waals surface area contributed by atoms with Crippen LogP contribution in [0, 0.1) is 0 Å². The molecular weight excluding hydrogens is 132 g/mol. The van der Waals surface area contributed by atoms with Gasteiger partial charge < -0.3 is 5.11 Å². The third-order valence-corrected chi connectivity index (χ3v) is 1.79. The van der Waals surface area contributed by atoms with Gasteiger partial charge in [0.05, 0.1) is 6.20 Å². The molecule has 0 fully saturated rings. The number of hydrogen-bond acceptors (Lipinski definition) is 2. The van der Waals surface area contributed by atoms with Crippen LogP contribution in [0.2, 0.25) is 0 Å². The van der Waals surface area contributed by atoms with Gasteiger partial charge in [0.1, 0.15) is 0 Å². The van der Waals surface area contributed by atoms with Gasteiger partial charge in [-0.1, -0.05) is 0 Å². The Morgan fingerprint density at radius 3 is 3.00 bits per heavy atom. The van der Waals surface area contributed by atoms with Crippen LogP contribution >= 0.6 is 0 Å². The van der Waals surface area contributed by atoms with Crippen LogP contribution in [0.1, 0.15) is 6.42 Å². The first-order valence-electron chi connectivity index (χ1n) is 3.28. The molecule has 1 N–H and O–H groups in total. The zero-order chi connectivity index (χ0) is 7.14. The number of aromatic hydroxyl groups is 1. The lowest BCUT2D eigenvalue weighted by atomic mass is 10.4. The summed E-state index contributed by atoms with van der Waals surface area (Å²) in [6.45, 7) is 1.58. The standard InChI is InChI=1S/C6H8N2O2/c9-5-4-7-2-1-3-8(7)6(5)10/h4,9H,1-3H2. The summed E-state index contributed by atoms with van der Waals surface area (Å²) < 4.78 is 3.30. The number of aromatic nitrogens is 2. The van der Waals surface area contributed by atoms with Crippen LogP contribution in [0.3, 0.4) is 0 Å². The van der Waals surface area contributed by atoms with E-state index in [2.05, 4.69) is 0 Å². The zero-order valence-corrected chi connectivity index (χ0v) is 5.45. The predicted octanol–water partition coefficient (Wildman–Crippen LogP) is -0.241. The molecule has 1 aliphatic heterocycles. The second-order valence-electron chi connectivity index (χ2n) is 2.46. The molecule has 0 saturated heterocycles. The Bertz CT molecular complexity index is 310. The van der Waals surface area contributed by atoms with E-state index in [1.165, 1.54) is 6.20 Å². The maximum absolute atomic E-state index is 11.0. The molecule has 2 heterocycles. The fourth-order valence-corrected chi connectivity index (χ4v) is 1.31. The molecule has 1 aromatic rings. The lowest BCUT2D eigenvalue weighted by molar-refractivity contribution is 0.466. The molecule has 1 aromatic heterocycles. The molecule has 0 saturated carbocycles. The van der Waals surface area contributed by atoms with Crippen molar-refractivity contribution in [3.63, 3.8) is 0 Å². The van der Waals surface area contributed by atoms with Gasteiger partial charge in [-0.05, 0) is 6.42 Å². The van der Waals surface area contributed by atoms with Crippen LogP contribution in [0.4, 0.5) is 0 Å². The molecule has 0 bridgehead atoms. The predicted molar refractivity (Wildman–Crippen MR) is 35.0 cm³/mol. The van der Waals surface area contributed by atoms with Crippen LogP contribution in [0.25, 0.3) is 0 Å². The van der Waals surface area contributed by atoms with Gasteiger partial charge in [-0.25, -0.2) is 4.68 Å². The van der Waals surface area contributed by atoms with Gasteiger partial charge in [0.15, 0.2) is 0 Å². The Balaban J connectivity index is 2.71. The third kappa shape index (κ3) is 0.531. The summed E-state index contributed by atoms with van der Waals surface area (Å²) in [4.78, 5) is 11.0. The number of nitrogens with zero attached hydrogens (tertiary/aromatic N) is 2. The highest BCUT2D eigenvalue weighted by molar-refractivity contribution is 5.11. The second-order valence-corrected chi connectivity index (χ2v) is 2.46. The van der Waals surface area contributed by atoms with Crippen molar-refractivity contribution >= 4 is 0 Å². The number of fused-ring (bicyclic) bond motifs is 1. The summed E-state index contributed by atoms with van der Waals surface area (Å²) in [6.07, 6.45) is 2.48. The number of aryl methyl sites for hydroxylation is 1. The van der Waals surface area contributed by atoms with Crippen LogP contribution in [0.15, 0.2) is 11.0 Å². The van der Waals surface area contributed by atoms with Crippen LogP contribution < -0.4 is 5.56 Å². The largest absolute Gasteiger partial charge is 0.502 e. The maximum Gasteiger partial charge on any atom is 0.308 e. The average molecular weight is 140 g/mol. The van der Waals surface area contributed by atoms with Gasteiger partial charge in [-0.15, -0.1) is 0 Å². The summed E-state index contributed by atoms with van der Waals surface area (Å²) in [5.41, 5.74) is -0.266. The van der Waals surface area contributed by atoms with E-state index in [9.17, 15) is 4.79 Å². The van der Waals surface area contributed by atoms with Crippen LogP contribution in [0.5, 0.6) is 5.75 Å². The zero-order valence-electron chi connectivity index (χ0n) is 5.45. The molecule has 0 unspecified atom stereocenters. The average Bonchev–Trinajstić information content (AvgIpc) is 2.41. The van der Waals surface area contributed by atoms with Crippen molar-refractivity contribution in [3.8, 4) is 5.75 Å². The maximum atomic E-state index is 11.0. The smallest absolute Gasteiger partial charge is 0.308 e. The van der Waals surface area contributed by atoms with Crippen LogP contribution in [-0.4, -0.2) is 14.5 Å². The van der Waals surface area contributed by atoms with Crippen LogP contribution in [-0.2, 0) is 13.1 Å². The third-order valence-electron chi connectivity index (χ3n) is 1.79. The minimum atomic E-state index is -0.266. The molecule has 0 aromatic carbocycles. The monoisotopic (exact) mass is 140 g/mol. The first kappa shape index (κ1) is 5.58. The lowest BCUT2D eigenvalue weighted by Crippen LogP contribution is -2.15. The summed E-state index contributed by atoms with van der Waals surface area (Å²) in [5, 5.41) is 8.93. The Morgan fingerprint density at radius 2 is 2.30 bits per heavy atom. The molecular formula is C6H8N2O2. The molecule has 0 atom stereocenters. The van der Waals surface area contributed by atoms with Gasteiger partial charge in [0.25, 0.3) is 0 Å². The fraction of sp³-hybridized carbons (Fsp3) is 0.500. The molecule has 2 rings (SSSR count). The van der Waals surface area contributed by atoms with Gasteiger partial charge in [0.2, 0.25) is 5.75 Å². The van der Waals surface area contributed by atoms with E-state index < -0.39 is 0 Å². The number of rotatable bonds is 0. The topological polar surface area (TPSA) is 47.2 Å². The van der Waals surface area contributed by atoms with Gasteiger partial charge in [-0.3, -0.25) is 9.48 Å². The Kier molecular flexibility index (Phi) is 0.922. The quantitative estimate of drug-likeness (QED) is 0.540. The molecule has 0 radical (unpaired) electrons. The Morgan fingerprint density at radius 1 is 1.50 bits per heavy atom. The lowest BCUT2D eigenvalue weighted by Gasteiger charge is -1.93. The number of hydrogen-bond donors (Lipinski definition) is 1. The van der Waals surface area contributed by atoms with Crippen molar-refractivity contribution in [2.24, 2.45) is 0 Å². The van der Waals surface area contributed by atoms with E-state index in [-0.39, 0.29) is 11.3 Å². The first-order valence-corrected chi connectivity index (χ1v) is 3.28. The normalized spacial score (nSPS) is 15.6. The molecule has 4 nitrogen and oxygen atoms in total. The molecule has 0 aliphatic carbocycles. The van der Waals surface area contributed by atoms with Crippen molar-refractivity contribution in [1.29, 1.82) is 0 Å². The molecule has 4 heteroatoms. The van der Waals surface area contributed by atoms with E-state index >= 15 is 0 Å². The SMILES string of the molecule is O=c1c(O)cn2n1CCC2. The van der Waals surface area contributed by atoms with Gasteiger partial charge in [0, 0.05) is 13.1 Å². The summed E-state index contributed by atoms with van der Waals surface area (Å²) in [7, 11) is 0. The highest BCUT2D eigenvalue weighted by Crippen LogP contribution is 2.08. The summed E-state index contributed by atoms with van der Waals surface area (Å²) in [6, 6.07) is 0. The molecule has 54 valence electrons. The summed E-state index contributed by atoms with van der Waals surface area (Å²) in [5.74, 6) is -0.139. The molecule has 1 aliphatic rings. The van der Waals surface area contributed by atoms with E-state index in [0.29, 0.717) is 0 Å². The van der Waals surface area contributed by atoms with Crippen molar-refractivity contribution in [3.05, 3.63) is 16.6 Å². The highest BCUT2D eigenvalue weighted by Gasteiger charge is 2.13. The second kappa shape index (κ2) is 1.65. The van der Waals surface area contributed by atoms with Crippen molar-refractivity contribution in [1.82, 2.24) is 9.36 Å².